The summed E-state index contributed by atoms with van der Waals surface area (Å²) in [7, 11) is 0. The lowest BCUT2D eigenvalue weighted by Gasteiger charge is -2.28. The summed E-state index contributed by atoms with van der Waals surface area (Å²) in [5, 5.41) is 3.56. The number of aryl methyl sites for hydroxylation is 1. The van der Waals surface area contributed by atoms with Crippen molar-refractivity contribution < 1.29 is 0 Å². The molecule has 0 spiro atoms. The first-order valence-corrected chi connectivity index (χ1v) is 7.49. The maximum absolute atomic E-state index is 4.47. The van der Waals surface area contributed by atoms with Crippen molar-refractivity contribution in [2.45, 2.75) is 58.7 Å². The number of hydrogen-bond acceptors (Lipinski definition) is 3. The van der Waals surface area contributed by atoms with Gasteiger partial charge in [0.1, 0.15) is 0 Å². The van der Waals surface area contributed by atoms with Crippen LogP contribution in [0, 0.1) is 6.92 Å². The number of anilines is 1. The fourth-order valence-electron chi connectivity index (χ4n) is 2.31. The molecule has 20 heavy (non-hydrogen) atoms. The number of pyridine rings is 1. The average Bonchev–Trinajstić information content (AvgIpc) is 3.17. The zero-order valence-electron chi connectivity index (χ0n) is 13.2. The summed E-state index contributed by atoms with van der Waals surface area (Å²) < 4.78 is 0. The Hall–Kier alpha value is -1.35. The van der Waals surface area contributed by atoms with E-state index in [1.807, 2.05) is 12.3 Å². The Kier molecular flexibility index (Phi) is 4.48. The van der Waals surface area contributed by atoms with Crippen LogP contribution in [0.1, 0.15) is 44.9 Å². The number of rotatable bonds is 6. The lowest BCUT2D eigenvalue weighted by atomic mass is 10.1. The van der Waals surface area contributed by atoms with Crippen LogP contribution in [0.2, 0.25) is 0 Å². The molecule has 1 heterocycles. The van der Waals surface area contributed by atoms with E-state index in [-0.39, 0.29) is 5.54 Å². The first-order chi connectivity index (χ1) is 9.40. The van der Waals surface area contributed by atoms with Gasteiger partial charge in [0.2, 0.25) is 0 Å². The van der Waals surface area contributed by atoms with Crippen LogP contribution in [0.15, 0.2) is 24.9 Å². The summed E-state index contributed by atoms with van der Waals surface area (Å²) in [6.07, 6.45) is 6.60. The Morgan fingerprint density at radius 2 is 2.15 bits per heavy atom. The second kappa shape index (κ2) is 5.96. The van der Waals surface area contributed by atoms with Gasteiger partial charge >= 0.3 is 0 Å². The van der Waals surface area contributed by atoms with Crippen LogP contribution in [0.4, 0.5) is 5.69 Å². The first kappa shape index (κ1) is 15.0. The van der Waals surface area contributed by atoms with Crippen molar-refractivity contribution >= 4 is 5.69 Å². The van der Waals surface area contributed by atoms with Crippen molar-refractivity contribution in [3.8, 4) is 0 Å². The molecule has 3 heteroatoms. The fourth-order valence-corrected chi connectivity index (χ4v) is 2.31. The van der Waals surface area contributed by atoms with Crippen molar-refractivity contribution in [2.24, 2.45) is 0 Å². The van der Waals surface area contributed by atoms with Gasteiger partial charge in [-0.1, -0.05) is 6.08 Å². The molecule has 110 valence electrons. The molecule has 0 aliphatic heterocycles. The molecule has 0 unspecified atom stereocenters. The van der Waals surface area contributed by atoms with E-state index in [0.717, 1.165) is 18.8 Å². The molecule has 0 atom stereocenters. The lowest BCUT2D eigenvalue weighted by Crippen LogP contribution is -2.36. The topological polar surface area (TPSA) is 28.2 Å². The minimum absolute atomic E-state index is 0.116. The Labute approximate surface area is 123 Å². The predicted molar refractivity (Wildman–Crippen MR) is 86.1 cm³/mol. The highest BCUT2D eigenvalue weighted by Gasteiger charge is 2.30. The highest BCUT2D eigenvalue weighted by atomic mass is 15.2. The zero-order valence-corrected chi connectivity index (χ0v) is 13.2. The van der Waals surface area contributed by atoms with Crippen molar-refractivity contribution in [3.63, 3.8) is 0 Å². The van der Waals surface area contributed by atoms with Crippen LogP contribution in [-0.4, -0.2) is 23.1 Å². The van der Waals surface area contributed by atoms with Crippen LogP contribution in [0.3, 0.4) is 0 Å². The van der Waals surface area contributed by atoms with Crippen molar-refractivity contribution in [2.75, 3.05) is 11.4 Å². The molecule has 0 aromatic carbocycles. The Bertz CT molecular complexity index is 470. The number of nitrogens with zero attached hydrogens (tertiary/aromatic N) is 2. The normalized spacial score (nSPS) is 15.2. The minimum atomic E-state index is 0.116. The van der Waals surface area contributed by atoms with Gasteiger partial charge in [-0.25, -0.2) is 0 Å². The van der Waals surface area contributed by atoms with E-state index in [1.54, 1.807) is 0 Å². The molecule has 1 aliphatic rings. The van der Waals surface area contributed by atoms with E-state index in [2.05, 4.69) is 55.5 Å². The average molecular weight is 273 g/mol. The van der Waals surface area contributed by atoms with Crippen LogP contribution in [-0.2, 0) is 6.54 Å². The fraction of sp³-hybridized carbons (Fsp3) is 0.588. The largest absolute Gasteiger partial charge is 0.364 e. The molecule has 0 bridgehead atoms. The van der Waals surface area contributed by atoms with Gasteiger partial charge < -0.3 is 10.2 Å². The Balaban J connectivity index is 2.24. The minimum Gasteiger partial charge on any atom is -0.364 e. The van der Waals surface area contributed by atoms with Gasteiger partial charge in [0.05, 0.1) is 0 Å². The molecule has 0 amide bonds. The quantitative estimate of drug-likeness (QED) is 0.805. The third-order valence-corrected chi connectivity index (χ3v) is 3.53. The van der Waals surface area contributed by atoms with Gasteiger partial charge in [-0.3, -0.25) is 4.98 Å². The van der Waals surface area contributed by atoms with E-state index in [4.69, 9.17) is 0 Å². The summed E-state index contributed by atoms with van der Waals surface area (Å²) in [6.45, 7) is 14.3. The molecule has 1 fully saturated rings. The molecule has 1 saturated carbocycles. The Morgan fingerprint density at radius 1 is 1.45 bits per heavy atom. The summed E-state index contributed by atoms with van der Waals surface area (Å²) >= 11 is 0. The van der Waals surface area contributed by atoms with Gasteiger partial charge in [0, 0.05) is 47.8 Å². The number of aromatic nitrogens is 1. The van der Waals surface area contributed by atoms with Crippen molar-refractivity contribution in [1.82, 2.24) is 10.3 Å². The SMILES string of the molecule is C=CCN(c1cc(C)ncc1CNC(C)(C)C)C1CC1. The van der Waals surface area contributed by atoms with E-state index in [9.17, 15) is 0 Å². The molecule has 1 aromatic rings. The molecular formula is C17H27N3. The van der Waals surface area contributed by atoms with Gasteiger partial charge in [-0.05, 0) is 46.6 Å². The third-order valence-electron chi connectivity index (χ3n) is 3.53. The first-order valence-electron chi connectivity index (χ1n) is 7.49. The molecule has 1 aromatic heterocycles. The van der Waals surface area contributed by atoms with Gasteiger partial charge in [-0.15, -0.1) is 6.58 Å². The van der Waals surface area contributed by atoms with E-state index in [1.165, 1.54) is 24.1 Å². The molecule has 1 aliphatic carbocycles. The highest BCUT2D eigenvalue weighted by molar-refractivity contribution is 5.56. The second-order valence-electron chi connectivity index (χ2n) is 6.73. The van der Waals surface area contributed by atoms with Gasteiger partial charge in [0.25, 0.3) is 0 Å². The molecule has 0 radical (unpaired) electrons. The van der Waals surface area contributed by atoms with E-state index < -0.39 is 0 Å². The van der Waals surface area contributed by atoms with Crippen molar-refractivity contribution in [3.05, 3.63) is 36.2 Å². The lowest BCUT2D eigenvalue weighted by molar-refractivity contribution is 0.424. The Morgan fingerprint density at radius 3 is 2.70 bits per heavy atom. The molecule has 2 rings (SSSR count). The smallest absolute Gasteiger partial charge is 0.0450 e. The van der Waals surface area contributed by atoms with Crippen LogP contribution >= 0.6 is 0 Å². The zero-order chi connectivity index (χ0) is 14.8. The summed E-state index contributed by atoms with van der Waals surface area (Å²) in [4.78, 5) is 6.94. The summed E-state index contributed by atoms with van der Waals surface area (Å²) in [5.41, 5.74) is 3.79. The van der Waals surface area contributed by atoms with Crippen LogP contribution in [0.25, 0.3) is 0 Å². The van der Waals surface area contributed by atoms with E-state index in [0.29, 0.717) is 6.04 Å². The summed E-state index contributed by atoms with van der Waals surface area (Å²) in [5.74, 6) is 0. The van der Waals surface area contributed by atoms with Gasteiger partial charge in [0.15, 0.2) is 0 Å². The van der Waals surface area contributed by atoms with Gasteiger partial charge in [-0.2, -0.15) is 0 Å². The highest BCUT2D eigenvalue weighted by Crippen LogP contribution is 2.33. The molecule has 3 nitrogen and oxygen atoms in total. The maximum atomic E-state index is 4.47. The number of nitrogens with one attached hydrogen (secondary N) is 1. The van der Waals surface area contributed by atoms with Crippen LogP contribution < -0.4 is 10.2 Å². The number of hydrogen-bond donors (Lipinski definition) is 1. The molecule has 1 N–H and O–H groups in total. The monoisotopic (exact) mass is 273 g/mol. The standard InChI is InChI=1S/C17H27N3/c1-6-9-20(15-7-8-15)16-10-13(2)18-11-14(16)12-19-17(3,4)5/h6,10-11,15,19H,1,7-9,12H2,2-5H3. The molecule has 0 saturated heterocycles. The second-order valence-corrected chi connectivity index (χ2v) is 6.73. The molecular weight excluding hydrogens is 246 g/mol. The van der Waals surface area contributed by atoms with E-state index >= 15 is 0 Å². The maximum Gasteiger partial charge on any atom is 0.0450 e. The van der Waals surface area contributed by atoms with Crippen molar-refractivity contribution in [1.29, 1.82) is 0 Å². The third kappa shape index (κ3) is 4.07. The summed E-state index contributed by atoms with van der Waals surface area (Å²) in [6, 6.07) is 2.89. The van der Waals surface area contributed by atoms with Crippen LogP contribution in [0.5, 0.6) is 0 Å². The predicted octanol–water partition coefficient (Wildman–Crippen LogP) is 3.43.